The fourth-order valence-corrected chi connectivity index (χ4v) is 1.97. The molecule has 0 aliphatic heterocycles. The smallest absolute Gasteiger partial charge is 0.171 e. The number of alkyl halides is 3. The molecule has 0 bridgehead atoms. The molecule has 0 aliphatic rings. The van der Waals surface area contributed by atoms with Crippen molar-refractivity contribution in [2.45, 2.75) is 44.7 Å². The Morgan fingerprint density at radius 2 is 1.62 bits per heavy atom. The van der Waals surface area contributed by atoms with Gasteiger partial charge in [-0.3, -0.25) is 0 Å². The average molecular weight is 211 g/mol. The van der Waals surface area contributed by atoms with Crippen LogP contribution in [-0.4, -0.2) is 14.3 Å². The van der Waals surface area contributed by atoms with Crippen molar-refractivity contribution in [2.75, 3.05) is 0 Å². The molecule has 0 amide bonds. The molecule has 0 fully saturated rings. The maximum atomic E-state index is 12.2. The van der Waals surface area contributed by atoms with Crippen molar-refractivity contribution in [3.63, 3.8) is 0 Å². The Bertz CT molecular complexity index is 139. The van der Waals surface area contributed by atoms with E-state index in [-0.39, 0.29) is 12.0 Å². The molecule has 0 aromatic rings. The molecule has 1 radical (unpaired) electrons. The van der Waals surface area contributed by atoms with E-state index in [1.54, 1.807) is 0 Å². The molecular formula is C9H18F3Si. The first-order chi connectivity index (χ1) is 5.55. The van der Waals surface area contributed by atoms with Crippen molar-refractivity contribution >= 4 is 8.07 Å². The minimum absolute atomic E-state index is 0.0240. The summed E-state index contributed by atoms with van der Waals surface area (Å²) in [7, 11) is -1.51. The largest absolute Gasteiger partial charge is 0.391 e. The van der Waals surface area contributed by atoms with Gasteiger partial charge >= 0.3 is 6.18 Å². The Morgan fingerprint density at radius 3 is 1.85 bits per heavy atom. The summed E-state index contributed by atoms with van der Waals surface area (Å²) in [6.45, 7) is 11.2. The van der Waals surface area contributed by atoms with Gasteiger partial charge in [0.25, 0.3) is 0 Å². The number of hydrogen-bond acceptors (Lipinski definition) is 0. The quantitative estimate of drug-likeness (QED) is 0.616. The van der Waals surface area contributed by atoms with Gasteiger partial charge in [0.15, 0.2) is 0 Å². The number of hydrogen-bond donors (Lipinski definition) is 0. The second kappa shape index (κ2) is 4.03. The summed E-state index contributed by atoms with van der Waals surface area (Å²) in [5.41, 5.74) is -0.0240. The van der Waals surface area contributed by atoms with Gasteiger partial charge in [0.1, 0.15) is 0 Å². The van der Waals surface area contributed by atoms with Gasteiger partial charge < -0.3 is 0 Å². The highest BCUT2D eigenvalue weighted by atomic mass is 28.3. The van der Waals surface area contributed by atoms with Gasteiger partial charge in [-0.1, -0.05) is 33.5 Å². The van der Waals surface area contributed by atoms with Gasteiger partial charge in [0.05, 0.1) is 5.92 Å². The zero-order valence-electron chi connectivity index (χ0n) is 8.70. The summed E-state index contributed by atoms with van der Waals surface area (Å²) in [6.07, 6.45) is -3.89. The molecule has 0 N–H and O–H groups in total. The van der Waals surface area contributed by atoms with Gasteiger partial charge in [-0.15, -0.1) is 0 Å². The Morgan fingerprint density at radius 1 is 1.23 bits per heavy atom. The van der Waals surface area contributed by atoms with Crippen molar-refractivity contribution in [2.24, 2.45) is 5.92 Å². The third-order valence-corrected chi connectivity index (χ3v) is 5.11. The van der Waals surface area contributed by atoms with Crippen molar-refractivity contribution in [1.29, 1.82) is 0 Å². The van der Waals surface area contributed by atoms with Crippen molar-refractivity contribution in [3.8, 4) is 0 Å². The summed E-state index contributed by atoms with van der Waals surface area (Å²) >= 11 is 0. The first-order valence-corrected chi connectivity index (χ1v) is 8.02. The molecule has 0 nitrogen and oxygen atoms in total. The van der Waals surface area contributed by atoms with Gasteiger partial charge in [0, 0.05) is 8.07 Å². The molecule has 0 aromatic carbocycles. The van der Waals surface area contributed by atoms with Crippen LogP contribution in [0.25, 0.3) is 0 Å². The van der Waals surface area contributed by atoms with E-state index >= 15 is 0 Å². The SMILES string of the molecule is [CH2]C(CC(C)C(F)(F)F)[Si](C)(C)C. The van der Waals surface area contributed by atoms with E-state index in [4.69, 9.17) is 0 Å². The molecule has 0 rings (SSSR count). The summed E-state index contributed by atoms with van der Waals surface area (Å²) < 4.78 is 36.6. The van der Waals surface area contributed by atoms with Crippen LogP contribution >= 0.6 is 0 Å². The van der Waals surface area contributed by atoms with Crippen LogP contribution in [-0.2, 0) is 0 Å². The molecule has 13 heavy (non-hydrogen) atoms. The van der Waals surface area contributed by atoms with Crippen LogP contribution in [0.2, 0.25) is 25.2 Å². The third-order valence-electron chi connectivity index (χ3n) is 2.42. The fraction of sp³-hybridized carbons (Fsp3) is 0.889. The van der Waals surface area contributed by atoms with Crippen LogP contribution in [0.1, 0.15) is 13.3 Å². The molecule has 2 unspecified atom stereocenters. The standard InChI is InChI=1S/C9H18F3Si/c1-7(9(10,11)12)6-8(2)13(3,4)5/h7-8H,2,6H2,1,3-5H3. The lowest BCUT2D eigenvalue weighted by Gasteiger charge is -2.28. The maximum Gasteiger partial charge on any atom is 0.391 e. The summed E-state index contributed by atoms with van der Waals surface area (Å²) in [6, 6.07) is 0. The van der Waals surface area contributed by atoms with Crippen LogP contribution < -0.4 is 0 Å². The third kappa shape index (κ3) is 4.69. The molecule has 79 valence electrons. The highest BCUT2D eigenvalue weighted by Crippen LogP contribution is 2.35. The van der Waals surface area contributed by atoms with E-state index in [2.05, 4.69) is 6.92 Å². The average Bonchev–Trinajstić information content (AvgIpc) is 1.82. The summed E-state index contributed by atoms with van der Waals surface area (Å²) in [4.78, 5) is 0. The molecule has 0 aromatic heterocycles. The van der Waals surface area contributed by atoms with Gasteiger partial charge in [-0.2, -0.15) is 13.2 Å². The van der Waals surface area contributed by atoms with Crippen LogP contribution in [0.4, 0.5) is 13.2 Å². The van der Waals surface area contributed by atoms with E-state index in [0.29, 0.717) is 0 Å². The second-order valence-electron chi connectivity index (χ2n) is 4.74. The predicted molar refractivity (Wildman–Crippen MR) is 52.3 cm³/mol. The molecule has 0 spiro atoms. The Balaban J connectivity index is 4.15. The van der Waals surface area contributed by atoms with Crippen LogP contribution in [0.15, 0.2) is 0 Å². The zero-order valence-corrected chi connectivity index (χ0v) is 9.70. The minimum atomic E-state index is -4.06. The Hall–Kier alpha value is 0.00688. The van der Waals surface area contributed by atoms with Crippen LogP contribution in [0.5, 0.6) is 0 Å². The topological polar surface area (TPSA) is 0 Å². The minimum Gasteiger partial charge on any atom is -0.171 e. The van der Waals surface area contributed by atoms with E-state index in [0.717, 1.165) is 0 Å². The van der Waals surface area contributed by atoms with E-state index in [9.17, 15) is 13.2 Å². The molecule has 0 saturated heterocycles. The molecule has 0 aliphatic carbocycles. The molecule has 2 atom stereocenters. The van der Waals surface area contributed by atoms with E-state index < -0.39 is 20.2 Å². The van der Waals surface area contributed by atoms with Crippen molar-refractivity contribution < 1.29 is 13.2 Å². The molecule has 0 saturated carbocycles. The maximum absolute atomic E-state index is 12.2. The zero-order chi connectivity index (χ0) is 10.9. The van der Waals surface area contributed by atoms with Crippen molar-refractivity contribution in [3.05, 3.63) is 6.92 Å². The second-order valence-corrected chi connectivity index (χ2v) is 10.3. The Kier molecular flexibility index (Phi) is 4.03. The van der Waals surface area contributed by atoms with Crippen LogP contribution in [0, 0.1) is 12.8 Å². The predicted octanol–water partition coefficient (Wildman–Crippen LogP) is 4.12. The highest BCUT2D eigenvalue weighted by Gasteiger charge is 2.38. The van der Waals surface area contributed by atoms with Gasteiger partial charge in [0.2, 0.25) is 0 Å². The highest BCUT2D eigenvalue weighted by molar-refractivity contribution is 6.77. The lowest BCUT2D eigenvalue weighted by molar-refractivity contribution is -0.170. The van der Waals surface area contributed by atoms with E-state index in [1.807, 2.05) is 19.6 Å². The number of halogens is 3. The summed E-state index contributed by atoms with van der Waals surface area (Å²) in [5, 5.41) is 0. The fourth-order valence-electron chi connectivity index (χ4n) is 0.914. The lowest BCUT2D eigenvalue weighted by atomic mass is 10.1. The van der Waals surface area contributed by atoms with E-state index in [1.165, 1.54) is 6.92 Å². The first-order valence-electron chi connectivity index (χ1n) is 4.45. The molecular weight excluding hydrogens is 193 g/mol. The summed E-state index contributed by atoms with van der Waals surface area (Å²) in [5.74, 6) is -1.22. The lowest BCUT2D eigenvalue weighted by Crippen LogP contribution is -2.31. The normalized spacial score (nSPS) is 18.5. The monoisotopic (exact) mass is 211 g/mol. The molecule has 4 heteroatoms. The van der Waals surface area contributed by atoms with Gasteiger partial charge in [-0.05, 0) is 12.0 Å². The Labute approximate surface area is 79.5 Å². The van der Waals surface area contributed by atoms with Crippen LogP contribution in [0.3, 0.4) is 0 Å². The van der Waals surface area contributed by atoms with Crippen molar-refractivity contribution in [1.82, 2.24) is 0 Å². The number of rotatable bonds is 3. The first kappa shape index (κ1) is 13.0. The van der Waals surface area contributed by atoms with Gasteiger partial charge in [-0.25, -0.2) is 0 Å². The molecule has 0 heterocycles.